The van der Waals surface area contributed by atoms with Gasteiger partial charge in [0.1, 0.15) is 0 Å². The smallest absolute Gasteiger partial charge is 0.0623 e. The molecule has 0 amide bonds. The van der Waals surface area contributed by atoms with Crippen LogP contribution in [0.3, 0.4) is 0 Å². The van der Waals surface area contributed by atoms with Gasteiger partial charge in [-0.1, -0.05) is 54.6 Å². The van der Waals surface area contributed by atoms with Crippen LogP contribution in [0.1, 0.15) is 11.1 Å². The molecule has 3 nitrogen and oxygen atoms in total. The molecule has 2 rings (SSSR count). The molecule has 0 N–H and O–H groups in total. The van der Waals surface area contributed by atoms with Crippen LogP contribution in [0.25, 0.3) is 12.2 Å². The third-order valence-electron chi connectivity index (χ3n) is 2.66. The van der Waals surface area contributed by atoms with Crippen molar-refractivity contribution in [2.24, 2.45) is 5.29 Å². The number of nitroso groups, excluding NO2 is 1. The van der Waals surface area contributed by atoms with E-state index in [4.69, 9.17) is 0 Å². The lowest BCUT2D eigenvalue weighted by Crippen LogP contribution is -2.05. The molecule has 2 aromatic carbocycles. The summed E-state index contributed by atoms with van der Waals surface area (Å²) in [7, 11) is 1.63. The van der Waals surface area contributed by atoms with E-state index in [2.05, 4.69) is 23.5 Å². The number of nitrogens with zero attached hydrogens (tertiary/aromatic N) is 2. The second-order valence-corrected chi connectivity index (χ2v) is 3.94. The molecule has 0 heterocycles. The van der Waals surface area contributed by atoms with Crippen LogP contribution >= 0.6 is 0 Å². The first-order valence-corrected chi connectivity index (χ1v) is 5.70. The van der Waals surface area contributed by atoms with Gasteiger partial charge in [0.05, 0.1) is 11.0 Å². The van der Waals surface area contributed by atoms with Gasteiger partial charge in [0.2, 0.25) is 0 Å². The van der Waals surface area contributed by atoms with Crippen molar-refractivity contribution in [3.8, 4) is 0 Å². The summed E-state index contributed by atoms with van der Waals surface area (Å²) in [5, 5.41) is 4.14. The Morgan fingerprint density at radius 3 is 2.00 bits per heavy atom. The van der Waals surface area contributed by atoms with E-state index in [-0.39, 0.29) is 0 Å². The van der Waals surface area contributed by atoms with Gasteiger partial charge in [0.25, 0.3) is 0 Å². The van der Waals surface area contributed by atoms with Gasteiger partial charge in [0, 0.05) is 7.05 Å². The van der Waals surface area contributed by atoms with Gasteiger partial charge in [-0.15, -0.1) is 4.91 Å². The maximum absolute atomic E-state index is 10.4. The standard InChI is InChI=1S/C15H14N2O/c1-17(16-18)15-11-9-14(10-12-15)8-7-13-5-3-2-4-6-13/h2-12H,1H3/b8-7-. The van der Waals surface area contributed by atoms with Gasteiger partial charge in [-0.05, 0) is 23.3 Å². The molecule has 0 fully saturated rings. The molecule has 0 radical (unpaired) electrons. The summed E-state index contributed by atoms with van der Waals surface area (Å²) in [4.78, 5) is 10.4. The van der Waals surface area contributed by atoms with Crippen LogP contribution in [0, 0.1) is 4.91 Å². The van der Waals surface area contributed by atoms with Crippen molar-refractivity contribution in [2.75, 3.05) is 12.1 Å². The Morgan fingerprint density at radius 2 is 1.44 bits per heavy atom. The van der Waals surface area contributed by atoms with Crippen LogP contribution in [0.2, 0.25) is 0 Å². The Labute approximate surface area is 106 Å². The van der Waals surface area contributed by atoms with E-state index >= 15 is 0 Å². The fourth-order valence-corrected chi connectivity index (χ4v) is 1.60. The predicted molar refractivity (Wildman–Crippen MR) is 76.0 cm³/mol. The molecule has 90 valence electrons. The highest BCUT2D eigenvalue weighted by Gasteiger charge is 1.98. The topological polar surface area (TPSA) is 32.7 Å². The summed E-state index contributed by atoms with van der Waals surface area (Å²) in [6.45, 7) is 0. The van der Waals surface area contributed by atoms with Crippen molar-refractivity contribution < 1.29 is 0 Å². The Balaban J connectivity index is 2.11. The summed E-state index contributed by atoms with van der Waals surface area (Å²) < 4.78 is 0. The molecule has 0 aliphatic rings. The van der Waals surface area contributed by atoms with Crippen molar-refractivity contribution in [2.45, 2.75) is 0 Å². The molecule has 0 spiro atoms. The largest absolute Gasteiger partial charge is 0.232 e. The first-order chi connectivity index (χ1) is 8.79. The van der Waals surface area contributed by atoms with Gasteiger partial charge in [-0.2, -0.15) is 0 Å². The Hall–Kier alpha value is -2.42. The highest BCUT2D eigenvalue weighted by atomic mass is 16.3. The monoisotopic (exact) mass is 238 g/mol. The fourth-order valence-electron chi connectivity index (χ4n) is 1.60. The van der Waals surface area contributed by atoms with E-state index in [1.54, 1.807) is 7.05 Å². The number of anilines is 1. The second-order valence-electron chi connectivity index (χ2n) is 3.94. The SMILES string of the molecule is CN(N=O)c1ccc(/C=C\c2ccccc2)cc1. The van der Waals surface area contributed by atoms with E-state index in [9.17, 15) is 4.91 Å². The van der Waals surface area contributed by atoms with E-state index in [0.29, 0.717) is 0 Å². The minimum atomic E-state index is 0.780. The van der Waals surface area contributed by atoms with Crippen molar-refractivity contribution in [3.05, 3.63) is 70.6 Å². The maximum atomic E-state index is 10.4. The van der Waals surface area contributed by atoms with Crippen LogP contribution in [-0.4, -0.2) is 7.05 Å². The molecular weight excluding hydrogens is 224 g/mol. The lowest BCUT2D eigenvalue weighted by atomic mass is 10.1. The van der Waals surface area contributed by atoms with E-state index < -0.39 is 0 Å². The lowest BCUT2D eigenvalue weighted by molar-refractivity contribution is 1.00. The molecule has 0 aliphatic carbocycles. The molecule has 0 aliphatic heterocycles. The van der Waals surface area contributed by atoms with Gasteiger partial charge < -0.3 is 0 Å². The molecule has 2 aromatic rings. The summed E-state index contributed by atoms with van der Waals surface area (Å²) >= 11 is 0. The quantitative estimate of drug-likeness (QED) is 0.458. The lowest BCUT2D eigenvalue weighted by Gasteiger charge is -2.07. The van der Waals surface area contributed by atoms with E-state index in [1.807, 2.05) is 48.5 Å². The fraction of sp³-hybridized carbons (Fsp3) is 0.0667. The van der Waals surface area contributed by atoms with Crippen molar-refractivity contribution in [1.29, 1.82) is 0 Å². The minimum absolute atomic E-state index is 0.780. The predicted octanol–water partition coefficient (Wildman–Crippen LogP) is 3.97. The van der Waals surface area contributed by atoms with Gasteiger partial charge in [0.15, 0.2) is 0 Å². The first-order valence-electron chi connectivity index (χ1n) is 5.70. The van der Waals surface area contributed by atoms with Gasteiger partial charge in [-0.25, -0.2) is 5.01 Å². The number of rotatable bonds is 4. The highest BCUT2D eigenvalue weighted by molar-refractivity contribution is 5.70. The number of hydrogen-bond donors (Lipinski definition) is 0. The molecule has 0 saturated carbocycles. The van der Waals surface area contributed by atoms with Crippen LogP contribution < -0.4 is 5.01 Å². The zero-order chi connectivity index (χ0) is 12.8. The Bertz CT molecular complexity index is 532. The Kier molecular flexibility index (Phi) is 3.86. The average molecular weight is 238 g/mol. The van der Waals surface area contributed by atoms with Crippen LogP contribution in [0.4, 0.5) is 5.69 Å². The summed E-state index contributed by atoms with van der Waals surface area (Å²) in [6.07, 6.45) is 4.09. The molecule has 3 heteroatoms. The van der Waals surface area contributed by atoms with Crippen LogP contribution in [-0.2, 0) is 0 Å². The van der Waals surface area contributed by atoms with Crippen molar-refractivity contribution in [1.82, 2.24) is 0 Å². The molecule has 0 aromatic heterocycles. The van der Waals surface area contributed by atoms with Crippen molar-refractivity contribution >= 4 is 17.8 Å². The van der Waals surface area contributed by atoms with Crippen LogP contribution in [0.15, 0.2) is 59.9 Å². The number of hydrogen-bond acceptors (Lipinski definition) is 2. The van der Waals surface area contributed by atoms with Crippen molar-refractivity contribution in [3.63, 3.8) is 0 Å². The zero-order valence-corrected chi connectivity index (χ0v) is 10.2. The minimum Gasteiger partial charge on any atom is -0.232 e. The molecule has 0 saturated heterocycles. The van der Waals surface area contributed by atoms with E-state index in [1.165, 1.54) is 5.01 Å². The van der Waals surface area contributed by atoms with E-state index in [0.717, 1.165) is 16.8 Å². The summed E-state index contributed by atoms with van der Waals surface area (Å²) in [5.74, 6) is 0. The Morgan fingerprint density at radius 1 is 0.889 bits per heavy atom. The maximum Gasteiger partial charge on any atom is 0.0623 e. The number of benzene rings is 2. The molecular formula is C15H14N2O. The first kappa shape index (κ1) is 12.0. The molecule has 18 heavy (non-hydrogen) atoms. The third kappa shape index (κ3) is 3.04. The highest BCUT2D eigenvalue weighted by Crippen LogP contribution is 2.15. The molecule has 0 unspecified atom stereocenters. The second kappa shape index (κ2) is 5.77. The van der Waals surface area contributed by atoms with Gasteiger partial charge in [-0.3, -0.25) is 0 Å². The molecule has 0 bridgehead atoms. The zero-order valence-electron chi connectivity index (χ0n) is 10.2. The average Bonchev–Trinajstić information content (AvgIpc) is 2.46. The summed E-state index contributed by atoms with van der Waals surface area (Å²) in [5.41, 5.74) is 3.03. The van der Waals surface area contributed by atoms with Crippen LogP contribution in [0.5, 0.6) is 0 Å². The summed E-state index contributed by atoms with van der Waals surface area (Å²) in [6, 6.07) is 17.8. The molecule has 0 atom stereocenters. The van der Waals surface area contributed by atoms with Gasteiger partial charge >= 0.3 is 0 Å². The third-order valence-corrected chi connectivity index (χ3v) is 2.66. The normalized spacial score (nSPS) is 10.5.